The predicted octanol–water partition coefficient (Wildman–Crippen LogP) is 7.10. The first-order chi connectivity index (χ1) is 13.0. The van der Waals surface area contributed by atoms with Crippen LogP contribution in [0.1, 0.15) is 102 Å². The Morgan fingerprint density at radius 3 is 1.67 bits per heavy atom. The molecule has 1 aromatic rings. The summed E-state index contributed by atoms with van der Waals surface area (Å²) in [5.74, 6) is 0. The molecule has 1 rings (SSSR count). The van der Waals surface area contributed by atoms with E-state index in [-0.39, 0.29) is 11.5 Å². The molecule has 0 fully saturated rings. The van der Waals surface area contributed by atoms with Crippen LogP contribution in [0.25, 0.3) is 0 Å². The summed E-state index contributed by atoms with van der Waals surface area (Å²) in [6.07, 6.45) is 16.6. The minimum absolute atomic E-state index is 0.264. The number of rotatable bonds is 16. The molecule has 0 aliphatic rings. The third kappa shape index (κ3) is 10.9. The van der Waals surface area contributed by atoms with Crippen LogP contribution >= 0.6 is 0 Å². The minimum Gasteiger partial charge on any atom is -0.266 e. The van der Waals surface area contributed by atoms with Crippen molar-refractivity contribution in [3.05, 3.63) is 29.3 Å². The van der Waals surface area contributed by atoms with Gasteiger partial charge in [-0.05, 0) is 43.5 Å². The molecule has 1 aromatic carbocycles. The van der Waals surface area contributed by atoms with Crippen molar-refractivity contribution in [2.24, 2.45) is 0 Å². The van der Waals surface area contributed by atoms with Gasteiger partial charge in [0.2, 0.25) is 0 Å². The molecule has 0 atom stereocenters. The first-order valence-corrected chi connectivity index (χ1v) is 12.3. The molecule has 0 spiro atoms. The molecular weight excluding hydrogens is 356 g/mol. The highest BCUT2D eigenvalue weighted by Crippen LogP contribution is 2.18. The van der Waals surface area contributed by atoms with Crippen molar-refractivity contribution >= 4 is 10.1 Å². The van der Waals surface area contributed by atoms with Crippen LogP contribution in [-0.4, -0.2) is 15.0 Å². The molecule has 0 heterocycles. The highest BCUT2D eigenvalue weighted by atomic mass is 32.2. The summed E-state index contributed by atoms with van der Waals surface area (Å²) in [6.45, 7) is 6.43. The summed E-state index contributed by atoms with van der Waals surface area (Å²) in [4.78, 5) is 0.264. The van der Waals surface area contributed by atoms with Gasteiger partial charge in [0.15, 0.2) is 0 Å². The van der Waals surface area contributed by atoms with Crippen LogP contribution in [0.3, 0.4) is 0 Å². The molecule has 0 aromatic heterocycles. The maximum atomic E-state index is 12.2. The summed E-state index contributed by atoms with van der Waals surface area (Å²) in [6, 6.07) is 5.15. The van der Waals surface area contributed by atoms with Crippen molar-refractivity contribution in [1.29, 1.82) is 0 Å². The zero-order valence-corrected chi connectivity index (χ0v) is 18.6. The van der Waals surface area contributed by atoms with Gasteiger partial charge in [0.05, 0.1) is 11.5 Å². The van der Waals surface area contributed by atoms with Gasteiger partial charge >= 0.3 is 0 Å². The normalized spacial score (nSPS) is 11.8. The number of hydrogen-bond donors (Lipinski definition) is 0. The van der Waals surface area contributed by atoms with E-state index >= 15 is 0 Å². The molecule has 0 saturated carbocycles. The summed E-state index contributed by atoms with van der Waals surface area (Å²) in [7, 11) is -3.62. The van der Waals surface area contributed by atoms with E-state index in [1.165, 1.54) is 70.6 Å². The molecule has 156 valence electrons. The minimum atomic E-state index is -3.62. The predicted molar refractivity (Wildman–Crippen MR) is 115 cm³/mol. The Morgan fingerprint density at radius 2 is 1.19 bits per heavy atom. The quantitative estimate of drug-likeness (QED) is 0.221. The lowest BCUT2D eigenvalue weighted by Crippen LogP contribution is -2.08. The molecule has 0 amide bonds. The summed E-state index contributed by atoms with van der Waals surface area (Å²) < 4.78 is 29.6. The lowest BCUT2D eigenvalue weighted by Gasteiger charge is -2.08. The molecule has 3 nitrogen and oxygen atoms in total. The third-order valence-corrected chi connectivity index (χ3v) is 6.56. The summed E-state index contributed by atoms with van der Waals surface area (Å²) in [5.41, 5.74) is 2.06. The van der Waals surface area contributed by atoms with E-state index in [1.807, 2.05) is 19.9 Å². The van der Waals surface area contributed by atoms with E-state index < -0.39 is 10.1 Å². The van der Waals surface area contributed by atoms with E-state index in [0.29, 0.717) is 0 Å². The van der Waals surface area contributed by atoms with E-state index in [1.54, 1.807) is 12.1 Å². The molecule has 0 radical (unpaired) electrons. The molecule has 0 aliphatic heterocycles. The first kappa shape index (κ1) is 24.2. The molecule has 0 bridgehead atoms. The van der Waals surface area contributed by atoms with Gasteiger partial charge in [0, 0.05) is 0 Å². The van der Waals surface area contributed by atoms with Gasteiger partial charge in [-0.25, -0.2) is 0 Å². The van der Waals surface area contributed by atoms with Crippen molar-refractivity contribution in [3.63, 3.8) is 0 Å². The topological polar surface area (TPSA) is 43.4 Å². The number of unbranched alkanes of at least 4 members (excludes halogenated alkanes) is 12. The molecule has 0 aliphatic carbocycles. The van der Waals surface area contributed by atoms with Crippen LogP contribution in [0.2, 0.25) is 0 Å². The molecule has 0 N–H and O–H groups in total. The number of hydrogen-bond acceptors (Lipinski definition) is 3. The maximum Gasteiger partial charge on any atom is 0.296 e. The lowest BCUT2D eigenvalue weighted by molar-refractivity contribution is 0.306. The van der Waals surface area contributed by atoms with E-state index in [4.69, 9.17) is 4.18 Å². The Morgan fingerprint density at radius 1 is 0.704 bits per heavy atom. The first-order valence-electron chi connectivity index (χ1n) is 10.9. The zero-order valence-electron chi connectivity index (χ0n) is 17.8. The van der Waals surface area contributed by atoms with Crippen molar-refractivity contribution in [1.82, 2.24) is 0 Å². The molecule has 27 heavy (non-hydrogen) atoms. The van der Waals surface area contributed by atoms with Crippen LogP contribution < -0.4 is 0 Å². The van der Waals surface area contributed by atoms with Crippen LogP contribution in [0.5, 0.6) is 0 Å². The van der Waals surface area contributed by atoms with E-state index in [0.717, 1.165) is 24.0 Å². The monoisotopic (exact) mass is 396 g/mol. The average molecular weight is 397 g/mol. The van der Waals surface area contributed by atoms with Crippen molar-refractivity contribution in [2.75, 3.05) is 6.61 Å². The van der Waals surface area contributed by atoms with Gasteiger partial charge in [0.1, 0.15) is 0 Å². The molecular formula is C23H40O3S. The Bertz CT molecular complexity index is 608. The second-order valence-electron chi connectivity index (χ2n) is 7.76. The second kappa shape index (κ2) is 14.2. The van der Waals surface area contributed by atoms with Crippen LogP contribution in [0.4, 0.5) is 0 Å². The standard InChI is InChI=1S/C23H40O3S/c1-4-5-6-7-8-9-10-11-12-13-14-15-16-19-26-27(24,25)23-18-17-21(2)22(3)20-23/h17-18,20H,4-16,19H2,1-3H3. The fourth-order valence-corrected chi connectivity index (χ4v) is 4.26. The van der Waals surface area contributed by atoms with Gasteiger partial charge < -0.3 is 0 Å². The van der Waals surface area contributed by atoms with E-state index in [2.05, 4.69) is 6.92 Å². The van der Waals surface area contributed by atoms with Crippen LogP contribution in [0.15, 0.2) is 23.1 Å². The third-order valence-electron chi connectivity index (χ3n) is 5.25. The molecule has 0 saturated heterocycles. The fraction of sp³-hybridized carbons (Fsp3) is 0.739. The Hall–Kier alpha value is -0.870. The Labute approximate surface area is 168 Å². The Balaban J connectivity index is 2.00. The van der Waals surface area contributed by atoms with Gasteiger partial charge in [-0.2, -0.15) is 8.42 Å². The Kier molecular flexibility index (Phi) is 12.7. The van der Waals surface area contributed by atoms with Crippen molar-refractivity contribution < 1.29 is 12.6 Å². The SMILES string of the molecule is CCCCCCCCCCCCCCCOS(=O)(=O)c1ccc(C)c(C)c1. The van der Waals surface area contributed by atoms with E-state index in [9.17, 15) is 8.42 Å². The van der Waals surface area contributed by atoms with Gasteiger partial charge in [-0.15, -0.1) is 0 Å². The largest absolute Gasteiger partial charge is 0.296 e. The van der Waals surface area contributed by atoms with Crippen LogP contribution in [0, 0.1) is 13.8 Å². The highest BCUT2D eigenvalue weighted by molar-refractivity contribution is 7.86. The summed E-state index contributed by atoms with van der Waals surface area (Å²) in [5, 5.41) is 0. The average Bonchev–Trinajstić information content (AvgIpc) is 2.64. The second-order valence-corrected chi connectivity index (χ2v) is 9.38. The smallest absolute Gasteiger partial charge is 0.266 e. The summed E-state index contributed by atoms with van der Waals surface area (Å²) >= 11 is 0. The van der Waals surface area contributed by atoms with Gasteiger partial charge in [0.25, 0.3) is 10.1 Å². The van der Waals surface area contributed by atoms with Gasteiger partial charge in [-0.1, -0.05) is 90.0 Å². The lowest BCUT2D eigenvalue weighted by atomic mass is 10.0. The van der Waals surface area contributed by atoms with Crippen molar-refractivity contribution in [3.8, 4) is 0 Å². The zero-order chi connectivity index (χ0) is 20.0. The van der Waals surface area contributed by atoms with Crippen molar-refractivity contribution in [2.45, 2.75) is 109 Å². The fourth-order valence-electron chi connectivity index (χ4n) is 3.23. The number of aryl methyl sites for hydroxylation is 2. The maximum absolute atomic E-state index is 12.2. The number of benzene rings is 1. The molecule has 4 heteroatoms. The molecule has 0 unspecified atom stereocenters. The highest BCUT2D eigenvalue weighted by Gasteiger charge is 2.15. The van der Waals surface area contributed by atoms with Gasteiger partial charge in [-0.3, -0.25) is 4.18 Å². The van der Waals surface area contributed by atoms with Crippen LogP contribution in [-0.2, 0) is 14.3 Å².